The van der Waals surface area contributed by atoms with Gasteiger partial charge in [0, 0.05) is 27.2 Å². The molecule has 1 aromatic heterocycles. The van der Waals surface area contributed by atoms with Crippen LogP contribution in [-0.2, 0) is 0 Å². The zero-order valence-electron chi connectivity index (χ0n) is 6.97. The highest BCUT2D eigenvalue weighted by Crippen LogP contribution is 2.10. The van der Waals surface area contributed by atoms with E-state index in [1.165, 1.54) is 0 Å². The Bertz CT molecular complexity index is 207. The van der Waals surface area contributed by atoms with E-state index in [4.69, 9.17) is 0 Å². The first kappa shape index (κ1) is 7.71. The van der Waals surface area contributed by atoms with Gasteiger partial charge in [0.1, 0.15) is 5.82 Å². The highest BCUT2D eigenvalue weighted by Gasteiger charge is 2.01. The third-order valence-corrected chi connectivity index (χ3v) is 1.43. The lowest BCUT2D eigenvalue weighted by atomic mass is 10.6. The summed E-state index contributed by atoms with van der Waals surface area (Å²) in [6.45, 7) is 0. The van der Waals surface area contributed by atoms with Crippen molar-refractivity contribution in [3.63, 3.8) is 0 Å². The summed E-state index contributed by atoms with van der Waals surface area (Å²) in [5.41, 5.74) is 2.90. The summed E-state index contributed by atoms with van der Waals surface area (Å²) < 4.78 is 0. The summed E-state index contributed by atoms with van der Waals surface area (Å²) in [5, 5.41) is 10.1. The van der Waals surface area contributed by atoms with Gasteiger partial charge in [0.2, 0.25) is 0 Å². The molecule has 0 radical (unpaired) electrons. The van der Waals surface area contributed by atoms with E-state index in [1.807, 2.05) is 27.2 Å². The third-order valence-electron chi connectivity index (χ3n) is 1.43. The number of hydrogen-bond acceptors (Lipinski definition) is 4. The van der Waals surface area contributed by atoms with E-state index >= 15 is 0 Å². The second-order valence-electron chi connectivity index (χ2n) is 2.05. The Morgan fingerprint density at radius 1 is 1.27 bits per heavy atom. The highest BCUT2D eigenvalue weighted by molar-refractivity contribution is 5.48. The van der Waals surface area contributed by atoms with Crippen molar-refractivity contribution in [2.45, 2.75) is 0 Å². The molecule has 0 aliphatic carbocycles. The van der Waals surface area contributed by atoms with Gasteiger partial charge in [-0.25, -0.2) is 0 Å². The first-order chi connectivity index (χ1) is 5.31. The van der Waals surface area contributed by atoms with Crippen molar-refractivity contribution in [2.24, 2.45) is 0 Å². The van der Waals surface area contributed by atoms with Crippen molar-refractivity contribution in [1.82, 2.24) is 9.89 Å². The molecular formula is C6H13N5. The van der Waals surface area contributed by atoms with Gasteiger partial charge in [0.25, 0.3) is 0 Å². The maximum absolute atomic E-state index is 4.15. The molecular weight excluding hydrogens is 142 g/mol. The molecule has 5 heteroatoms. The second kappa shape index (κ2) is 3.14. The van der Waals surface area contributed by atoms with Gasteiger partial charge in [-0.15, -0.1) is 5.10 Å². The normalized spacial score (nSPS) is 9.36. The van der Waals surface area contributed by atoms with E-state index in [0.29, 0.717) is 0 Å². The Balaban J connectivity index is 2.92. The summed E-state index contributed by atoms with van der Waals surface area (Å²) in [6.07, 6.45) is 0. The standard InChI is InChI=1S/C6H13N5/c1-7-5-4-6(8-2)11(9-3)10-5/h4,8-9H,1-3H3,(H,7,10). The summed E-state index contributed by atoms with van der Waals surface area (Å²) in [7, 11) is 5.50. The molecule has 62 valence electrons. The minimum absolute atomic E-state index is 0.837. The van der Waals surface area contributed by atoms with Crippen LogP contribution in [0.3, 0.4) is 0 Å². The number of nitrogens with one attached hydrogen (secondary N) is 3. The predicted octanol–water partition coefficient (Wildman–Crippen LogP) is 0.140. The van der Waals surface area contributed by atoms with Crippen LogP contribution in [0, 0.1) is 0 Å². The highest BCUT2D eigenvalue weighted by atomic mass is 15.6. The molecule has 1 aromatic rings. The minimum atomic E-state index is 0.837. The Hall–Kier alpha value is -1.39. The summed E-state index contributed by atoms with van der Waals surface area (Å²) in [5.74, 6) is 1.76. The second-order valence-corrected chi connectivity index (χ2v) is 2.05. The number of aromatic nitrogens is 2. The number of hydrogen-bond donors (Lipinski definition) is 3. The molecule has 0 spiro atoms. The van der Waals surface area contributed by atoms with E-state index in [9.17, 15) is 0 Å². The van der Waals surface area contributed by atoms with Crippen LogP contribution in [0.4, 0.5) is 11.6 Å². The van der Waals surface area contributed by atoms with E-state index in [0.717, 1.165) is 11.6 Å². The minimum Gasteiger partial charge on any atom is -0.372 e. The fraction of sp³-hybridized carbons (Fsp3) is 0.500. The van der Waals surface area contributed by atoms with Gasteiger partial charge in [-0.2, -0.15) is 4.79 Å². The monoisotopic (exact) mass is 155 g/mol. The zero-order valence-corrected chi connectivity index (χ0v) is 6.97. The van der Waals surface area contributed by atoms with Gasteiger partial charge in [0.05, 0.1) is 0 Å². The van der Waals surface area contributed by atoms with E-state index in [1.54, 1.807) is 4.79 Å². The van der Waals surface area contributed by atoms with Crippen LogP contribution in [0.25, 0.3) is 0 Å². The molecule has 1 heterocycles. The topological polar surface area (TPSA) is 53.9 Å². The molecule has 0 bridgehead atoms. The van der Waals surface area contributed by atoms with Gasteiger partial charge >= 0.3 is 0 Å². The first-order valence-electron chi connectivity index (χ1n) is 3.45. The first-order valence-corrected chi connectivity index (χ1v) is 3.45. The summed E-state index contributed by atoms with van der Waals surface area (Å²) >= 11 is 0. The van der Waals surface area contributed by atoms with Gasteiger partial charge < -0.3 is 16.1 Å². The smallest absolute Gasteiger partial charge is 0.152 e. The van der Waals surface area contributed by atoms with Crippen molar-refractivity contribution in [3.8, 4) is 0 Å². The van der Waals surface area contributed by atoms with Gasteiger partial charge in [-0.05, 0) is 0 Å². The molecule has 0 unspecified atom stereocenters. The molecule has 0 aromatic carbocycles. The van der Waals surface area contributed by atoms with Crippen LogP contribution in [0.15, 0.2) is 6.07 Å². The Labute approximate surface area is 65.8 Å². The average Bonchev–Trinajstić information content (AvgIpc) is 2.46. The molecule has 1 rings (SSSR count). The number of rotatable bonds is 3. The van der Waals surface area contributed by atoms with Crippen molar-refractivity contribution < 1.29 is 0 Å². The van der Waals surface area contributed by atoms with E-state index < -0.39 is 0 Å². The van der Waals surface area contributed by atoms with Crippen molar-refractivity contribution >= 4 is 11.6 Å². The van der Waals surface area contributed by atoms with Crippen LogP contribution in [0.1, 0.15) is 0 Å². The quantitative estimate of drug-likeness (QED) is 0.581. The fourth-order valence-electron chi connectivity index (χ4n) is 0.852. The Morgan fingerprint density at radius 2 is 2.00 bits per heavy atom. The molecule has 0 saturated heterocycles. The molecule has 5 nitrogen and oxygen atoms in total. The number of anilines is 2. The molecule has 11 heavy (non-hydrogen) atoms. The van der Waals surface area contributed by atoms with Crippen molar-refractivity contribution in [2.75, 3.05) is 37.2 Å². The van der Waals surface area contributed by atoms with Crippen LogP contribution >= 0.6 is 0 Å². The Morgan fingerprint density at radius 3 is 2.36 bits per heavy atom. The fourth-order valence-corrected chi connectivity index (χ4v) is 0.852. The molecule has 0 aliphatic heterocycles. The molecule has 0 fully saturated rings. The maximum Gasteiger partial charge on any atom is 0.152 e. The van der Waals surface area contributed by atoms with Gasteiger partial charge in [-0.3, -0.25) is 0 Å². The lowest BCUT2D eigenvalue weighted by molar-refractivity contribution is 0.791. The molecule has 0 aliphatic rings. The molecule has 0 saturated carbocycles. The van der Waals surface area contributed by atoms with E-state index in [2.05, 4.69) is 21.2 Å². The van der Waals surface area contributed by atoms with Crippen molar-refractivity contribution in [3.05, 3.63) is 6.07 Å². The van der Waals surface area contributed by atoms with E-state index in [-0.39, 0.29) is 0 Å². The predicted molar refractivity (Wildman–Crippen MR) is 46.6 cm³/mol. The lowest BCUT2D eigenvalue weighted by Gasteiger charge is -2.02. The third kappa shape index (κ3) is 1.36. The maximum atomic E-state index is 4.15. The summed E-state index contributed by atoms with van der Waals surface area (Å²) in [6, 6.07) is 1.91. The molecule has 0 amide bonds. The van der Waals surface area contributed by atoms with Crippen molar-refractivity contribution in [1.29, 1.82) is 0 Å². The lowest BCUT2D eigenvalue weighted by Crippen LogP contribution is -2.13. The largest absolute Gasteiger partial charge is 0.372 e. The summed E-state index contributed by atoms with van der Waals surface area (Å²) in [4.78, 5) is 1.66. The molecule has 3 N–H and O–H groups in total. The van der Waals surface area contributed by atoms with Crippen LogP contribution in [0.2, 0.25) is 0 Å². The SMILES string of the molecule is CNc1cc(NC)n(NC)n1. The van der Waals surface area contributed by atoms with Gasteiger partial charge in [-0.1, -0.05) is 0 Å². The van der Waals surface area contributed by atoms with Crippen LogP contribution in [-0.4, -0.2) is 31.0 Å². The van der Waals surface area contributed by atoms with Gasteiger partial charge in [0.15, 0.2) is 5.82 Å². The van der Waals surface area contributed by atoms with Crippen LogP contribution < -0.4 is 16.1 Å². The zero-order chi connectivity index (χ0) is 8.27. The van der Waals surface area contributed by atoms with Crippen LogP contribution in [0.5, 0.6) is 0 Å². The molecule has 0 atom stereocenters. The average molecular weight is 155 g/mol. The number of nitrogens with zero attached hydrogens (tertiary/aromatic N) is 2. The Kier molecular flexibility index (Phi) is 2.20.